The molecule has 0 bridgehead atoms. The topological polar surface area (TPSA) is 38.9 Å². The molecule has 3 nitrogen and oxygen atoms in total. The van der Waals surface area contributed by atoms with Crippen molar-refractivity contribution in [2.45, 2.75) is 13.8 Å². The Morgan fingerprint density at radius 2 is 2.08 bits per heavy atom. The second-order valence-corrected chi connectivity index (χ2v) is 6.70. The lowest BCUT2D eigenvalue weighted by molar-refractivity contribution is 0.653. The zero-order valence-electron chi connectivity index (χ0n) is 15.8. The molecule has 24 heavy (non-hydrogen) atoms. The second-order valence-electron chi connectivity index (χ2n) is 5.78. The minimum atomic E-state index is -2.27. The van der Waals surface area contributed by atoms with Gasteiger partial charge in [0.05, 0.1) is 5.69 Å². The van der Waals surface area contributed by atoms with Crippen LogP contribution in [0.2, 0.25) is 0 Å². The summed E-state index contributed by atoms with van der Waals surface area (Å²) >= 11 is 1.69. The summed E-state index contributed by atoms with van der Waals surface area (Å²) in [6.45, 7) is -0.191. The predicted molar refractivity (Wildman–Crippen MR) is 99.6 cm³/mol. The summed E-state index contributed by atoms with van der Waals surface area (Å²) in [5.74, 6) is 0. The monoisotopic (exact) mass is 333 g/mol. The number of thiophene rings is 1. The van der Waals surface area contributed by atoms with Gasteiger partial charge in [0.1, 0.15) is 5.58 Å². The highest BCUT2D eigenvalue weighted by molar-refractivity contribution is 7.17. The molecule has 0 unspecified atom stereocenters. The largest absolute Gasteiger partial charge is 0.437 e. The van der Waals surface area contributed by atoms with Crippen molar-refractivity contribution in [3.8, 4) is 11.3 Å². The fourth-order valence-electron chi connectivity index (χ4n) is 3.20. The van der Waals surface area contributed by atoms with Crippen LogP contribution < -0.4 is 0 Å². The average Bonchev–Trinajstić information content (AvgIpc) is 3.21. The molecule has 4 heterocycles. The number of benzene rings is 1. The third-order valence-corrected chi connectivity index (χ3v) is 5.35. The Morgan fingerprint density at radius 3 is 3.00 bits per heavy atom. The summed E-state index contributed by atoms with van der Waals surface area (Å²) in [7, 11) is 0. The van der Waals surface area contributed by atoms with E-state index in [4.69, 9.17) is 8.53 Å². The zero-order chi connectivity index (χ0) is 18.8. The maximum Gasteiger partial charge on any atom is 0.227 e. The van der Waals surface area contributed by atoms with E-state index in [-0.39, 0.29) is 5.69 Å². The summed E-state index contributed by atoms with van der Waals surface area (Å²) in [5, 5.41) is 4.94. The predicted octanol–water partition coefficient (Wildman–Crippen LogP) is 5.87. The van der Waals surface area contributed by atoms with Gasteiger partial charge in [-0.2, -0.15) is 0 Å². The molecule has 116 valence electrons. The molecule has 0 spiro atoms. The van der Waals surface area contributed by atoms with Gasteiger partial charge in [0.25, 0.3) is 0 Å². The van der Waals surface area contributed by atoms with E-state index in [1.54, 1.807) is 29.7 Å². The number of fused-ring (bicyclic) bond motifs is 4. The maximum absolute atomic E-state index is 7.58. The highest BCUT2D eigenvalue weighted by Gasteiger charge is 2.16. The van der Waals surface area contributed by atoms with Crippen LogP contribution in [0, 0.1) is 13.8 Å². The van der Waals surface area contributed by atoms with Crippen molar-refractivity contribution in [3.63, 3.8) is 0 Å². The van der Waals surface area contributed by atoms with Crippen molar-refractivity contribution >= 4 is 43.5 Å². The summed E-state index contributed by atoms with van der Waals surface area (Å²) in [4.78, 5) is 8.86. The highest BCUT2D eigenvalue weighted by atomic mass is 32.1. The number of pyridine rings is 2. The van der Waals surface area contributed by atoms with Crippen molar-refractivity contribution in [2.75, 3.05) is 0 Å². The van der Waals surface area contributed by atoms with E-state index in [9.17, 15) is 0 Å². The Labute approximate surface area is 146 Å². The molecule has 1 aromatic carbocycles. The van der Waals surface area contributed by atoms with Crippen LogP contribution in [-0.4, -0.2) is 9.97 Å². The van der Waals surface area contributed by atoms with Gasteiger partial charge in [-0.1, -0.05) is 12.1 Å². The van der Waals surface area contributed by atoms with Gasteiger partial charge in [0.2, 0.25) is 5.71 Å². The first-order valence-corrected chi connectivity index (χ1v) is 8.47. The molecule has 4 heteroatoms. The standard InChI is InChI=1S/C20H14N2OS/c1-11-10-24-16-8-9-21-18(17(11)16)15-5-3-4-13-14-7-6-12(2)22-20(14)23-19(13)15/h3-10H,1-2H3/i2D3. The maximum atomic E-state index is 7.58. The van der Waals surface area contributed by atoms with Crippen molar-refractivity contribution in [3.05, 3.63) is 59.2 Å². The SMILES string of the molecule is [2H]C([2H])([2H])c1ccc2c(n1)oc1c(-c3nccc4scc(C)c34)cccc12. The van der Waals surface area contributed by atoms with Gasteiger partial charge in [-0.3, -0.25) is 4.98 Å². The quantitative estimate of drug-likeness (QED) is 0.385. The van der Waals surface area contributed by atoms with Gasteiger partial charge in [0.15, 0.2) is 0 Å². The van der Waals surface area contributed by atoms with Gasteiger partial charge in [-0.15, -0.1) is 11.3 Å². The molecule has 0 amide bonds. The lowest BCUT2D eigenvalue weighted by Gasteiger charge is -2.04. The summed E-state index contributed by atoms with van der Waals surface area (Å²) in [6.07, 6.45) is 1.81. The number of hydrogen-bond donors (Lipinski definition) is 0. The molecule has 0 aliphatic rings. The smallest absolute Gasteiger partial charge is 0.227 e. The summed E-state index contributed by atoms with van der Waals surface area (Å²) in [6, 6.07) is 11.2. The Morgan fingerprint density at radius 1 is 1.12 bits per heavy atom. The van der Waals surface area contributed by atoms with Crippen LogP contribution in [-0.2, 0) is 0 Å². The summed E-state index contributed by atoms with van der Waals surface area (Å²) < 4.78 is 29.9. The first kappa shape index (κ1) is 10.9. The number of rotatable bonds is 1. The molecule has 5 rings (SSSR count). The van der Waals surface area contributed by atoms with E-state index >= 15 is 0 Å². The van der Waals surface area contributed by atoms with Crippen LogP contribution in [0.4, 0.5) is 0 Å². The van der Waals surface area contributed by atoms with Crippen LogP contribution in [0.5, 0.6) is 0 Å². The molecule has 0 N–H and O–H groups in total. The molecule has 4 aromatic heterocycles. The first-order valence-electron chi connectivity index (χ1n) is 9.09. The van der Waals surface area contributed by atoms with E-state index in [0.717, 1.165) is 27.4 Å². The number of hydrogen-bond acceptors (Lipinski definition) is 4. The fourth-order valence-corrected chi connectivity index (χ4v) is 4.14. The fraction of sp³-hybridized carbons (Fsp3) is 0.100. The van der Waals surface area contributed by atoms with Gasteiger partial charge in [0, 0.05) is 42.4 Å². The van der Waals surface area contributed by atoms with E-state index in [1.807, 2.05) is 24.3 Å². The van der Waals surface area contributed by atoms with Crippen molar-refractivity contribution in [2.24, 2.45) is 0 Å². The van der Waals surface area contributed by atoms with Crippen molar-refractivity contribution in [1.29, 1.82) is 0 Å². The van der Waals surface area contributed by atoms with Gasteiger partial charge in [-0.25, -0.2) is 4.98 Å². The molecule has 0 radical (unpaired) electrons. The Kier molecular flexibility index (Phi) is 2.23. The zero-order valence-corrected chi connectivity index (χ0v) is 13.6. The van der Waals surface area contributed by atoms with Crippen LogP contribution in [0.25, 0.3) is 43.4 Å². The van der Waals surface area contributed by atoms with E-state index in [0.29, 0.717) is 11.3 Å². The van der Waals surface area contributed by atoms with Crippen molar-refractivity contribution in [1.82, 2.24) is 9.97 Å². The molecule has 5 aromatic rings. The lowest BCUT2D eigenvalue weighted by atomic mass is 10.0. The third-order valence-electron chi connectivity index (χ3n) is 4.29. The van der Waals surface area contributed by atoms with Crippen LogP contribution in [0.1, 0.15) is 15.4 Å². The van der Waals surface area contributed by atoms with E-state index in [1.165, 1.54) is 10.3 Å². The minimum absolute atomic E-state index is 0.0320. The lowest BCUT2D eigenvalue weighted by Crippen LogP contribution is -1.85. The number of furan rings is 1. The van der Waals surface area contributed by atoms with Gasteiger partial charge >= 0.3 is 0 Å². The molecular weight excluding hydrogens is 316 g/mol. The van der Waals surface area contributed by atoms with Crippen molar-refractivity contribution < 1.29 is 8.53 Å². The van der Waals surface area contributed by atoms with Gasteiger partial charge in [-0.05, 0) is 49.0 Å². The van der Waals surface area contributed by atoms with Crippen LogP contribution >= 0.6 is 11.3 Å². The Balaban J connectivity index is 1.84. The normalized spacial score (nSPS) is 14.1. The molecule has 0 atom stereocenters. The minimum Gasteiger partial charge on any atom is -0.437 e. The molecule has 0 fully saturated rings. The van der Waals surface area contributed by atoms with Crippen LogP contribution in [0.3, 0.4) is 0 Å². The first-order chi connectivity index (χ1) is 12.9. The number of aryl methyl sites for hydroxylation is 2. The van der Waals surface area contributed by atoms with Crippen LogP contribution in [0.15, 0.2) is 52.4 Å². The average molecular weight is 333 g/mol. The number of aromatic nitrogens is 2. The molecule has 0 saturated carbocycles. The Hall–Kier alpha value is -2.72. The molecule has 0 saturated heterocycles. The van der Waals surface area contributed by atoms with E-state index < -0.39 is 6.85 Å². The number of para-hydroxylation sites is 1. The summed E-state index contributed by atoms with van der Waals surface area (Å²) in [5.41, 5.74) is 3.96. The number of nitrogens with zero attached hydrogens (tertiary/aromatic N) is 2. The molecule has 0 aliphatic heterocycles. The highest BCUT2D eigenvalue weighted by Crippen LogP contribution is 2.39. The third kappa shape index (κ3) is 1.83. The molecular formula is C20H14N2OS. The molecule has 0 aliphatic carbocycles. The Bertz CT molecular complexity index is 1330. The van der Waals surface area contributed by atoms with Gasteiger partial charge < -0.3 is 4.42 Å². The second kappa shape index (κ2) is 4.89. The van der Waals surface area contributed by atoms with E-state index in [2.05, 4.69) is 22.3 Å².